The summed E-state index contributed by atoms with van der Waals surface area (Å²) in [5, 5.41) is 18.1. The Morgan fingerprint density at radius 2 is 2.33 bits per heavy atom. The van der Waals surface area contributed by atoms with Gasteiger partial charge >= 0.3 is 0 Å². The van der Waals surface area contributed by atoms with Crippen LogP contribution in [0, 0.1) is 14.9 Å². The van der Waals surface area contributed by atoms with Crippen LogP contribution in [0.2, 0.25) is 5.02 Å². The molecule has 5 nitrogen and oxygen atoms in total. The van der Waals surface area contributed by atoms with Gasteiger partial charge in [0.25, 0.3) is 5.91 Å². The molecule has 0 fully saturated rings. The topological polar surface area (TPSA) is 81.6 Å². The van der Waals surface area contributed by atoms with Gasteiger partial charge in [-0.25, -0.2) is 0 Å². The third-order valence-corrected chi connectivity index (χ3v) is 3.75. The standard InChI is InChI=1S/C11H6ClIN4O/c12-8-3-6(1-2-9(8)13)11(18)16-10-7(4-14)5-15-17-10/h1-3,5H,(H2,15,16,17,18). The Kier molecular flexibility index (Phi) is 3.84. The second-order valence-electron chi connectivity index (χ2n) is 3.35. The van der Waals surface area contributed by atoms with Gasteiger partial charge in [-0.05, 0) is 40.8 Å². The van der Waals surface area contributed by atoms with E-state index >= 15 is 0 Å². The van der Waals surface area contributed by atoms with Crippen molar-refractivity contribution in [3.8, 4) is 6.07 Å². The van der Waals surface area contributed by atoms with Gasteiger partial charge in [0.1, 0.15) is 17.5 Å². The monoisotopic (exact) mass is 372 g/mol. The SMILES string of the molecule is N#Cc1cn[nH]c1NC(=O)c1ccc(I)c(Cl)c1. The summed E-state index contributed by atoms with van der Waals surface area (Å²) in [5.41, 5.74) is 0.693. The van der Waals surface area contributed by atoms with E-state index in [1.165, 1.54) is 6.20 Å². The first-order chi connectivity index (χ1) is 8.61. The Morgan fingerprint density at radius 1 is 1.56 bits per heavy atom. The Hall–Kier alpha value is -1.59. The number of rotatable bonds is 2. The highest BCUT2D eigenvalue weighted by Crippen LogP contribution is 2.20. The van der Waals surface area contributed by atoms with Gasteiger partial charge in [0.2, 0.25) is 0 Å². The zero-order valence-corrected chi connectivity index (χ0v) is 11.8. The number of nitriles is 1. The molecule has 18 heavy (non-hydrogen) atoms. The molecule has 0 saturated heterocycles. The minimum Gasteiger partial charge on any atom is -0.306 e. The van der Waals surface area contributed by atoms with Crippen molar-refractivity contribution in [3.05, 3.63) is 44.1 Å². The quantitative estimate of drug-likeness (QED) is 0.795. The van der Waals surface area contributed by atoms with Crippen LogP contribution in [0.5, 0.6) is 0 Å². The second-order valence-corrected chi connectivity index (χ2v) is 4.92. The summed E-state index contributed by atoms with van der Waals surface area (Å²) in [6.45, 7) is 0. The predicted octanol–water partition coefficient (Wildman–Crippen LogP) is 2.79. The lowest BCUT2D eigenvalue weighted by atomic mass is 10.2. The van der Waals surface area contributed by atoms with Crippen molar-refractivity contribution in [3.63, 3.8) is 0 Å². The first-order valence-corrected chi connectivity index (χ1v) is 6.27. The number of aromatic amines is 1. The maximum atomic E-state index is 11.9. The zero-order chi connectivity index (χ0) is 13.1. The first-order valence-electron chi connectivity index (χ1n) is 4.81. The summed E-state index contributed by atoms with van der Waals surface area (Å²) < 4.78 is 0.866. The normalized spacial score (nSPS) is 9.83. The van der Waals surface area contributed by atoms with Crippen LogP contribution in [0.3, 0.4) is 0 Å². The molecule has 7 heteroatoms. The van der Waals surface area contributed by atoms with E-state index < -0.39 is 0 Å². The van der Waals surface area contributed by atoms with Crippen LogP contribution < -0.4 is 5.32 Å². The van der Waals surface area contributed by atoms with Gasteiger partial charge in [0.15, 0.2) is 0 Å². The van der Waals surface area contributed by atoms with Crippen molar-refractivity contribution >= 4 is 45.9 Å². The molecule has 0 radical (unpaired) electrons. The van der Waals surface area contributed by atoms with Gasteiger partial charge in [0, 0.05) is 9.13 Å². The van der Waals surface area contributed by atoms with E-state index in [1.807, 2.05) is 6.07 Å². The molecule has 0 spiro atoms. The summed E-state index contributed by atoms with van der Waals surface area (Å²) in [4.78, 5) is 11.9. The molecule has 0 unspecified atom stereocenters. The Labute approximate surface area is 121 Å². The molecule has 1 aromatic heterocycles. The molecular weight excluding hydrogens is 367 g/mol. The number of benzene rings is 1. The highest BCUT2D eigenvalue weighted by molar-refractivity contribution is 14.1. The molecule has 90 valence electrons. The van der Waals surface area contributed by atoms with Crippen molar-refractivity contribution in [2.24, 2.45) is 0 Å². The molecule has 1 aromatic carbocycles. The molecule has 2 rings (SSSR count). The average molecular weight is 373 g/mol. The Balaban J connectivity index is 2.23. The molecule has 0 aliphatic rings. The number of hydrogen-bond donors (Lipinski definition) is 2. The van der Waals surface area contributed by atoms with Crippen molar-refractivity contribution in [1.82, 2.24) is 10.2 Å². The van der Waals surface area contributed by atoms with Crippen molar-refractivity contribution < 1.29 is 4.79 Å². The number of amides is 1. The lowest BCUT2D eigenvalue weighted by Gasteiger charge is -2.04. The predicted molar refractivity (Wildman–Crippen MR) is 75.4 cm³/mol. The summed E-state index contributed by atoms with van der Waals surface area (Å²) in [7, 11) is 0. The molecule has 0 atom stereocenters. The highest BCUT2D eigenvalue weighted by Gasteiger charge is 2.11. The third-order valence-electron chi connectivity index (χ3n) is 2.18. The van der Waals surface area contributed by atoms with Crippen LogP contribution in [-0.4, -0.2) is 16.1 Å². The maximum Gasteiger partial charge on any atom is 0.256 e. The molecule has 0 aliphatic carbocycles. The zero-order valence-electron chi connectivity index (χ0n) is 8.87. The Bertz CT molecular complexity index is 647. The molecule has 0 saturated carbocycles. The van der Waals surface area contributed by atoms with Crippen molar-refractivity contribution in [1.29, 1.82) is 5.26 Å². The molecular formula is C11H6ClIN4O. The van der Waals surface area contributed by atoms with Gasteiger partial charge in [-0.1, -0.05) is 11.6 Å². The number of nitrogens with one attached hydrogen (secondary N) is 2. The van der Waals surface area contributed by atoms with E-state index in [0.717, 1.165) is 3.57 Å². The van der Waals surface area contributed by atoms with E-state index in [0.29, 0.717) is 10.6 Å². The third kappa shape index (κ3) is 2.63. The van der Waals surface area contributed by atoms with Gasteiger partial charge in [-0.15, -0.1) is 0 Å². The maximum absolute atomic E-state index is 11.9. The number of halogens is 2. The summed E-state index contributed by atoms with van der Waals surface area (Å²) in [6.07, 6.45) is 1.34. The fourth-order valence-electron chi connectivity index (χ4n) is 1.29. The van der Waals surface area contributed by atoms with E-state index in [4.69, 9.17) is 16.9 Å². The Morgan fingerprint density at radius 3 is 3.00 bits per heavy atom. The van der Waals surface area contributed by atoms with Gasteiger partial charge < -0.3 is 5.32 Å². The largest absolute Gasteiger partial charge is 0.306 e. The van der Waals surface area contributed by atoms with Crippen LogP contribution in [0.1, 0.15) is 15.9 Å². The molecule has 0 bridgehead atoms. The van der Waals surface area contributed by atoms with Crippen LogP contribution in [0.4, 0.5) is 5.82 Å². The lowest BCUT2D eigenvalue weighted by molar-refractivity contribution is 0.102. The number of hydrogen-bond acceptors (Lipinski definition) is 3. The van der Waals surface area contributed by atoms with Crippen LogP contribution in [0.25, 0.3) is 0 Å². The van der Waals surface area contributed by atoms with Crippen LogP contribution in [-0.2, 0) is 0 Å². The van der Waals surface area contributed by atoms with Crippen LogP contribution >= 0.6 is 34.2 Å². The van der Waals surface area contributed by atoms with Crippen molar-refractivity contribution in [2.75, 3.05) is 5.32 Å². The molecule has 1 heterocycles. The molecule has 0 aliphatic heterocycles. The average Bonchev–Trinajstić information content (AvgIpc) is 2.79. The number of H-pyrrole nitrogens is 1. The molecule has 1 amide bonds. The summed E-state index contributed by atoms with van der Waals surface area (Å²) in [5.74, 6) is -0.0776. The molecule has 2 aromatic rings. The van der Waals surface area contributed by atoms with E-state index in [9.17, 15) is 4.79 Å². The van der Waals surface area contributed by atoms with E-state index in [2.05, 4.69) is 38.1 Å². The number of anilines is 1. The number of nitrogens with zero attached hydrogens (tertiary/aromatic N) is 2. The van der Waals surface area contributed by atoms with Gasteiger partial charge in [-0.3, -0.25) is 9.89 Å². The fourth-order valence-corrected chi connectivity index (χ4v) is 1.81. The smallest absolute Gasteiger partial charge is 0.256 e. The second kappa shape index (κ2) is 5.37. The minimum absolute atomic E-state index is 0.275. The lowest BCUT2D eigenvalue weighted by Crippen LogP contribution is -2.13. The minimum atomic E-state index is -0.353. The number of aromatic nitrogens is 2. The van der Waals surface area contributed by atoms with Crippen LogP contribution in [0.15, 0.2) is 24.4 Å². The fraction of sp³-hybridized carbons (Fsp3) is 0. The highest BCUT2D eigenvalue weighted by atomic mass is 127. The van der Waals surface area contributed by atoms with E-state index in [1.54, 1.807) is 18.2 Å². The molecule has 2 N–H and O–H groups in total. The van der Waals surface area contributed by atoms with Crippen molar-refractivity contribution in [2.45, 2.75) is 0 Å². The first kappa shape index (κ1) is 12.9. The van der Waals surface area contributed by atoms with Gasteiger partial charge in [-0.2, -0.15) is 10.4 Å². The number of carbonyl (C=O) groups is 1. The number of carbonyl (C=O) groups excluding carboxylic acids is 1. The van der Waals surface area contributed by atoms with E-state index in [-0.39, 0.29) is 17.3 Å². The van der Waals surface area contributed by atoms with Gasteiger partial charge in [0.05, 0.1) is 11.2 Å². The summed E-state index contributed by atoms with van der Waals surface area (Å²) >= 11 is 8.01. The summed E-state index contributed by atoms with van der Waals surface area (Å²) in [6, 6.07) is 6.89.